The van der Waals surface area contributed by atoms with Crippen molar-refractivity contribution in [2.75, 3.05) is 4.90 Å². The van der Waals surface area contributed by atoms with E-state index in [1.807, 2.05) is 0 Å². The summed E-state index contributed by atoms with van der Waals surface area (Å²) in [4.78, 5) is 2.51. The van der Waals surface area contributed by atoms with Crippen LogP contribution in [0.15, 0.2) is 340 Å². The molecule has 1 heterocycles. The summed E-state index contributed by atoms with van der Waals surface area (Å²) in [6.45, 7) is 0. The van der Waals surface area contributed by atoms with Crippen molar-refractivity contribution in [3.63, 3.8) is 0 Å². The first-order valence-electron chi connectivity index (χ1n) is 29.9. The van der Waals surface area contributed by atoms with Gasteiger partial charge in [-0.2, -0.15) is 0 Å². The number of para-hydroxylation sites is 2. The second-order valence-corrected chi connectivity index (χ2v) is 23.0. The number of nitrogens with zero attached hydrogens (tertiary/aromatic N) is 2. The number of benzene rings is 14. The van der Waals surface area contributed by atoms with Crippen molar-refractivity contribution < 1.29 is 0 Å². The summed E-state index contributed by atoms with van der Waals surface area (Å²) in [6, 6.07) is 126. The lowest BCUT2D eigenvalue weighted by Gasteiger charge is -2.35. The van der Waals surface area contributed by atoms with Gasteiger partial charge in [-0.05, 0) is 126 Å². The highest BCUT2D eigenvalue weighted by molar-refractivity contribution is 6.11. The molecule has 0 saturated carbocycles. The Hall–Kier alpha value is -11.1. The Morgan fingerprint density at radius 2 is 0.721 bits per heavy atom. The molecule has 0 radical (unpaired) electrons. The van der Waals surface area contributed by atoms with Gasteiger partial charge in [-0.3, -0.25) is 0 Å². The van der Waals surface area contributed by atoms with E-state index in [0.29, 0.717) is 0 Å². The van der Waals surface area contributed by atoms with Crippen molar-refractivity contribution >= 4 is 49.6 Å². The van der Waals surface area contributed by atoms with Crippen molar-refractivity contribution in [1.29, 1.82) is 0 Å². The predicted molar refractivity (Wildman–Crippen MR) is 358 cm³/mol. The van der Waals surface area contributed by atoms with Crippen LogP contribution in [0.2, 0.25) is 0 Å². The van der Waals surface area contributed by atoms with Gasteiger partial charge in [0, 0.05) is 33.0 Å². The zero-order chi connectivity index (χ0) is 56.8. The maximum atomic E-state index is 2.55. The van der Waals surface area contributed by atoms with Crippen molar-refractivity contribution in [3.8, 4) is 50.2 Å². The largest absolute Gasteiger partial charge is 0.309 e. The van der Waals surface area contributed by atoms with E-state index in [1.54, 1.807) is 0 Å². The Labute approximate surface area is 501 Å². The minimum Gasteiger partial charge on any atom is -0.309 e. The van der Waals surface area contributed by atoms with Crippen molar-refractivity contribution in [2.24, 2.45) is 0 Å². The van der Waals surface area contributed by atoms with E-state index in [9.17, 15) is 0 Å². The summed E-state index contributed by atoms with van der Waals surface area (Å²) in [5, 5.41) is 4.83. The fourth-order valence-electron chi connectivity index (χ4n) is 15.2. The molecule has 17 rings (SSSR count). The molecule has 0 fully saturated rings. The van der Waals surface area contributed by atoms with Crippen LogP contribution < -0.4 is 4.90 Å². The van der Waals surface area contributed by atoms with Crippen LogP contribution in [-0.2, 0) is 10.8 Å². The van der Waals surface area contributed by atoms with Crippen molar-refractivity contribution in [3.05, 3.63) is 384 Å². The number of anilines is 3. The zero-order valence-electron chi connectivity index (χ0n) is 47.2. The number of hydrogen-bond acceptors (Lipinski definition) is 1. The highest BCUT2D eigenvalue weighted by atomic mass is 15.1. The first-order valence-corrected chi connectivity index (χ1v) is 29.9. The van der Waals surface area contributed by atoms with Crippen LogP contribution in [0.3, 0.4) is 0 Å². The van der Waals surface area contributed by atoms with Gasteiger partial charge in [0.15, 0.2) is 0 Å². The highest BCUT2D eigenvalue weighted by Gasteiger charge is 2.49. The third-order valence-corrected chi connectivity index (χ3v) is 18.7. The summed E-state index contributed by atoms with van der Waals surface area (Å²) in [7, 11) is 0. The van der Waals surface area contributed by atoms with Gasteiger partial charge in [0.1, 0.15) is 0 Å². The monoisotopic (exact) mass is 1090 g/mol. The summed E-state index contributed by atoms with van der Waals surface area (Å²) >= 11 is 0. The molecular weight excluding hydrogens is 1040 g/mol. The van der Waals surface area contributed by atoms with E-state index >= 15 is 0 Å². The molecule has 0 bridgehead atoms. The minimum absolute atomic E-state index is 0.552. The quantitative estimate of drug-likeness (QED) is 0.132. The van der Waals surface area contributed by atoms with Gasteiger partial charge in [0.25, 0.3) is 0 Å². The van der Waals surface area contributed by atoms with E-state index in [-0.39, 0.29) is 0 Å². The zero-order valence-corrected chi connectivity index (χ0v) is 47.2. The molecule has 15 aromatic rings. The second kappa shape index (κ2) is 19.8. The maximum Gasteiger partial charge on any atom is 0.0734 e. The van der Waals surface area contributed by atoms with Crippen LogP contribution in [0.1, 0.15) is 44.5 Å². The Balaban J connectivity index is 0.826. The van der Waals surface area contributed by atoms with E-state index in [4.69, 9.17) is 0 Å². The predicted octanol–water partition coefficient (Wildman–Crippen LogP) is 21.5. The SMILES string of the molecule is c1ccc(C2(c3ccccc3)c3ccccc3-c3ccc(N(c4ccccc4-c4ccc(-c5ccc6c7ccccc7n(-c7cccc8c7C(c7ccccc7)(c7ccccc7)c7ccccc7-8)c6c5)cc4)c4cccc5ccccc45)cc32)cc1. The van der Waals surface area contributed by atoms with Crippen LogP contribution in [0, 0.1) is 0 Å². The number of aromatic nitrogens is 1. The average molecular weight is 1090 g/mol. The third-order valence-electron chi connectivity index (χ3n) is 18.7. The van der Waals surface area contributed by atoms with Gasteiger partial charge in [-0.25, -0.2) is 0 Å². The lowest BCUT2D eigenvalue weighted by molar-refractivity contribution is 0.762. The Bertz CT molecular complexity index is 5010. The molecule has 2 heteroatoms. The molecule has 0 N–H and O–H groups in total. The van der Waals surface area contributed by atoms with E-state index < -0.39 is 10.8 Å². The summed E-state index contributed by atoms with van der Waals surface area (Å²) in [5.74, 6) is 0. The molecular formula is C84H56N2. The first-order chi connectivity index (χ1) is 42.7. The fourth-order valence-corrected chi connectivity index (χ4v) is 15.2. The molecule has 0 unspecified atom stereocenters. The van der Waals surface area contributed by atoms with Gasteiger partial charge in [-0.1, -0.05) is 297 Å². The molecule has 1 aromatic heterocycles. The molecule has 2 aliphatic carbocycles. The molecule has 2 aliphatic rings. The maximum absolute atomic E-state index is 2.55. The van der Waals surface area contributed by atoms with E-state index in [0.717, 1.165) is 39.3 Å². The molecule has 14 aromatic carbocycles. The van der Waals surface area contributed by atoms with Crippen LogP contribution >= 0.6 is 0 Å². The number of hydrogen-bond donors (Lipinski definition) is 0. The van der Waals surface area contributed by atoms with E-state index in [1.165, 1.54) is 105 Å². The molecule has 402 valence electrons. The summed E-state index contributed by atoms with van der Waals surface area (Å²) in [6.07, 6.45) is 0. The standard InChI is InChI=1S/C84H56N2/c1-5-27-61(28-6-1)83(62-29-7-2-8-30-62)74-41-19-15-37-68(74)70-54-52-65(56-76(70)83)85(78-45-23-26-58-25-13-14-35-66(58)78)77-43-21-17-36-67(77)59-49-47-57(48-50-59)60-51-53-72-71-39-18-22-44-79(71)86(81(72)55-60)80-46-24-40-73-69-38-16-20-42-75(69)84(82(73)80,63-31-9-3-10-32-63)64-33-11-4-12-34-64/h1-56H. The lowest BCUT2D eigenvalue weighted by atomic mass is 9.67. The van der Waals surface area contributed by atoms with E-state index in [2.05, 4.69) is 349 Å². The normalized spacial score (nSPS) is 13.3. The molecule has 0 saturated heterocycles. The van der Waals surface area contributed by atoms with Gasteiger partial charge in [-0.15, -0.1) is 0 Å². The molecule has 0 amide bonds. The van der Waals surface area contributed by atoms with Gasteiger partial charge < -0.3 is 9.47 Å². The topological polar surface area (TPSA) is 8.17 Å². The van der Waals surface area contributed by atoms with Crippen LogP contribution in [0.4, 0.5) is 17.1 Å². The van der Waals surface area contributed by atoms with Crippen molar-refractivity contribution in [1.82, 2.24) is 4.57 Å². The van der Waals surface area contributed by atoms with Crippen LogP contribution in [0.25, 0.3) is 82.8 Å². The van der Waals surface area contributed by atoms with Crippen LogP contribution in [-0.4, -0.2) is 4.57 Å². The lowest BCUT2D eigenvalue weighted by Crippen LogP contribution is -2.29. The average Bonchev–Trinajstić information content (AvgIpc) is 1.54. The Morgan fingerprint density at radius 1 is 0.256 bits per heavy atom. The number of rotatable bonds is 10. The van der Waals surface area contributed by atoms with Gasteiger partial charge in [0.2, 0.25) is 0 Å². The van der Waals surface area contributed by atoms with Gasteiger partial charge >= 0.3 is 0 Å². The second-order valence-electron chi connectivity index (χ2n) is 23.0. The Morgan fingerprint density at radius 3 is 1.41 bits per heavy atom. The summed E-state index contributed by atoms with van der Waals surface area (Å²) < 4.78 is 2.55. The smallest absolute Gasteiger partial charge is 0.0734 e. The number of fused-ring (bicyclic) bond motifs is 10. The Kier molecular flexibility index (Phi) is 11.4. The van der Waals surface area contributed by atoms with Crippen molar-refractivity contribution in [2.45, 2.75) is 10.8 Å². The third kappa shape index (κ3) is 7.27. The molecule has 86 heavy (non-hydrogen) atoms. The first kappa shape index (κ1) is 49.5. The highest BCUT2D eigenvalue weighted by Crippen LogP contribution is 2.60. The molecule has 0 spiro atoms. The van der Waals surface area contributed by atoms with Crippen LogP contribution in [0.5, 0.6) is 0 Å². The molecule has 0 atom stereocenters. The molecule has 0 aliphatic heterocycles. The summed E-state index contributed by atoms with van der Waals surface area (Å²) in [5.41, 5.74) is 25.5. The van der Waals surface area contributed by atoms with Gasteiger partial charge in [0.05, 0.1) is 38.9 Å². The fraction of sp³-hybridized carbons (Fsp3) is 0.0238. The molecule has 2 nitrogen and oxygen atoms in total. The minimum atomic E-state index is -0.572.